The van der Waals surface area contributed by atoms with Crippen molar-refractivity contribution in [1.82, 2.24) is 4.90 Å². The molecular weight excluding hydrogens is 246 g/mol. The number of ether oxygens (including phenoxy) is 1. The maximum Gasteiger partial charge on any atom is 0.320 e. The smallest absolute Gasteiger partial charge is 0.320 e. The predicted molar refractivity (Wildman–Crippen MR) is 73.9 cm³/mol. The van der Waals surface area contributed by atoms with Gasteiger partial charge in [0, 0.05) is 16.7 Å². The maximum absolute atomic E-state index is 11.4. The Kier molecular flexibility index (Phi) is 4.66. The van der Waals surface area contributed by atoms with Crippen molar-refractivity contribution in [2.75, 3.05) is 26.7 Å². The lowest BCUT2D eigenvalue weighted by Gasteiger charge is -2.19. The molecule has 1 unspecified atom stereocenters. The normalized spacial score (nSPS) is 17.8. The summed E-state index contributed by atoms with van der Waals surface area (Å²) >= 11 is 1.91. The third kappa shape index (κ3) is 3.50. The average molecular weight is 265 g/mol. The Balaban J connectivity index is 1.80. The fraction of sp³-hybridized carbons (Fsp3) is 0.500. The minimum atomic E-state index is -0.138. The van der Waals surface area contributed by atoms with Gasteiger partial charge in [0.1, 0.15) is 0 Å². The molecule has 0 spiro atoms. The number of fused-ring (bicyclic) bond motifs is 1. The molecule has 1 atom stereocenters. The zero-order valence-corrected chi connectivity index (χ0v) is 11.7. The Labute approximate surface area is 113 Å². The van der Waals surface area contributed by atoms with E-state index in [1.807, 2.05) is 30.6 Å². The van der Waals surface area contributed by atoms with Crippen LogP contribution in [0.25, 0.3) is 0 Å². The molecule has 1 aromatic rings. The molecule has 0 N–H and O–H groups in total. The van der Waals surface area contributed by atoms with E-state index >= 15 is 0 Å². The summed E-state index contributed by atoms with van der Waals surface area (Å²) in [6.45, 7) is 3.58. The Bertz CT molecular complexity index is 397. The van der Waals surface area contributed by atoms with Crippen LogP contribution in [-0.2, 0) is 16.0 Å². The molecular formula is C14H19NO2S. The third-order valence-electron chi connectivity index (χ3n) is 2.93. The summed E-state index contributed by atoms with van der Waals surface area (Å²) in [6.07, 6.45) is 1.09. The first-order valence-electron chi connectivity index (χ1n) is 6.27. The molecule has 0 aliphatic carbocycles. The van der Waals surface area contributed by atoms with Crippen molar-refractivity contribution in [3.05, 3.63) is 29.8 Å². The van der Waals surface area contributed by atoms with Gasteiger partial charge in [0.2, 0.25) is 0 Å². The molecule has 1 aliphatic heterocycles. The second-order valence-corrected chi connectivity index (χ2v) is 5.90. The van der Waals surface area contributed by atoms with Crippen LogP contribution in [0.4, 0.5) is 0 Å². The number of hydrogen-bond donors (Lipinski definition) is 0. The number of benzene rings is 1. The van der Waals surface area contributed by atoms with Gasteiger partial charge in [-0.05, 0) is 32.0 Å². The number of rotatable bonds is 5. The van der Waals surface area contributed by atoms with E-state index in [4.69, 9.17) is 4.74 Å². The molecule has 1 aromatic carbocycles. The SMILES string of the molecule is CCOC(=O)CN(C)CC1Cc2ccccc2S1. The van der Waals surface area contributed by atoms with Crippen molar-refractivity contribution >= 4 is 17.7 Å². The second kappa shape index (κ2) is 6.25. The van der Waals surface area contributed by atoms with E-state index < -0.39 is 0 Å². The molecule has 0 fully saturated rings. The second-order valence-electron chi connectivity index (χ2n) is 4.55. The average Bonchev–Trinajstić information content (AvgIpc) is 2.70. The Morgan fingerprint density at radius 3 is 3.00 bits per heavy atom. The van der Waals surface area contributed by atoms with E-state index in [0.717, 1.165) is 13.0 Å². The lowest BCUT2D eigenvalue weighted by atomic mass is 10.1. The Morgan fingerprint density at radius 1 is 1.50 bits per heavy atom. The van der Waals surface area contributed by atoms with Gasteiger partial charge in [0.25, 0.3) is 0 Å². The van der Waals surface area contributed by atoms with Crippen molar-refractivity contribution < 1.29 is 9.53 Å². The topological polar surface area (TPSA) is 29.5 Å². The lowest BCUT2D eigenvalue weighted by Crippen LogP contribution is -2.32. The first-order chi connectivity index (χ1) is 8.69. The predicted octanol–water partition coefficient (Wildman–Crippen LogP) is 2.20. The molecule has 0 amide bonds. The molecule has 1 heterocycles. The first kappa shape index (κ1) is 13.4. The number of nitrogens with zero attached hydrogens (tertiary/aromatic N) is 1. The largest absolute Gasteiger partial charge is 0.465 e. The minimum Gasteiger partial charge on any atom is -0.465 e. The number of thioether (sulfide) groups is 1. The van der Waals surface area contributed by atoms with Gasteiger partial charge >= 0.3 is 5.97 Å². The third-order valence-corrected chi connectivity index (χ3v) is 4.23. The van der Waals surface area contributed by atoms with Gasteiger partial charge in [-0.3, -0.25) is 9.69 Å². The molecule has 0 bridgehead atoms. The first-order valence-corrected chi connectivity index (χ1v) is 7.15. The van der Waals surface area contributed by atoms with Crippen molar-refractivity contribution in [1.29, 1.82) is 0 Å². The van der Waals surface area contributed by atoms with Crippen LogP contribution < -0.4 is 0 Å². The van der Waals surface area contributed by atoms with E-state index in [0.29, 0.717) is 18.4 Å². The van der Waals surface area contributed by atoms with E-state index in [1.165, 1.54) is 10.5 Å². The van der Waals surface area contributed by atoms with Crippen LogP contribution in [0.1, 0.15) is 12.5 Å². The molecule has 18 heavy (non-hydrogen) atoms. The minimum absolute atomic E-state index is 0.138. The van der Waals surface area contributed by atoms with Crippen LogP contribution in [0.15, 0.2) is 29.2 Å². The molecule has 0 saturated carbocycles. The van der Waals surface area contributed by atoms with Gasteiger partial charge < -0.3 is 4.74 Å². The van der Waals surface area contributed by atoms with Crippen LogP contribution in [0.2, 0.25) is 0 Å². The number of likely N-dealkylation sites (N-methyl/N-ethyl adjacent to an activating group) is 1. The number of esters is 1. The monoisotopic (exact) mass is 265 g/mol. The molecule has 98 valence electrons. The van der Waals surface area contributed by atoms with E-state index in [1.54, 1.807) is 0 Å². The number of carbonyl (C=O) groups is 1. The summed E-state index contributed by atoms with van der Waals surface area (Å²) in [5.74, 6) is -0.138. The number of hydrogen-bond acceptors (Lipinski definition) is 4. The molecule has 2 rings (SSSR count). The molecule has 0 aromatic heterocycles. The molecule has 3 nitrogen and oxygen atoms in total. The zero-order valence-electron chi connectivity index (χ0n) is 10.9. The van der Waals surface area contributed by atoms with Gasteiger partial charge in [-0.15, -0.1) is 11.8 Å². The highest BCUT2D eigenvalue weighted by molar-refractivity contribution is 8.00. The van der Waals surface area contributed by atoms with Crippen molar-refractivity contribution in [2.45, 2.75) is 23.5 Å². The molecule has 0 radical (unpaired) electrons. The van der Waals surface area contributed by atoms with E-state index in [9.17, 15) is 4.79 Å². The van der Waals surface area contributed by atoms with Gasteiger partial charge in [-0.1, -0.05) is 18.2 Å². The molecule has 1 aliphatic rings. The summed E-state index contributed by atoms with van der Waals surface area (Å²) in [7, 11) is 1.97. The highest BCUT2D eigenvalue weighted by atomic mass is 32.2. The highest BCUT2D eigenvalue weighted by Gasteiger charge is 2.23. The summed E-state index contributed by atoms with van der Waals surface area (Å²) in [6, 6.07) is 8.53. The van der Waals surface area contributed by atoms with Gasteiger partial charge in [-0.25, -0.2) is 0 Å². The maximum atomic E-state index is 11.4. The number of carbonyl (C=O) groups excluding carboxylic acids is 1. The Morgan fingerprint density at radius 2 is 2.28 bits per heavy atom. The van der Waals surface area contributed by atoms with Crippen LogP contribution in [0, 0.1) is 0 Å². The van der Waals surface area contributed by atoms with Gasteiger partial charge in [-0.2, -0.15) is 0 Å². The van der Waals surface area contributed by atoms with Crippen molar-refractivity contribution in [3.63, 3.8) is 0 Å². The fourth-order valence-corrected chi connectivity index (χ4v) is 3.61. The Hall–Kier alpha value is -1.00. The summed E-state index contributed by atoms with van der Waals surface area (Å²) in [5.41, 5.74) is 1.43. The summed E-state index contributed by atoms with van der Waals surface area (Å²) in [4.78, 5) is 14.8. The van der Waals surface area contributed by atoms with Crippen LogP contribution in [0.3, 0.4) is 0 Å². The lowest BCUT2D eigenvalue weighted by molar-refractivity contribution is -0.144. The summed E-state index contributed by atoms with van der Waals surface area (Å²) in [5, 5.41) is 0.543. The van der Waals surface area contributed by atoms with Gasteiger partial charge in [0.05, 0.1) is 13.2 Å². The van der Waals surface area contributed by atoms with Crippen LogP contribution >= 0.6 is 11.8 Å². The zero-order chi connectivity index (χ0) is 13.0. The van der Waals surface area contributed by atoms with Crippen molar-refractivity contribution in [3.8, 4) is 0 Å². The standard InChI is InChI=1S/C14H19NO2S/c1-3-17-14(16)10-15(2)9-12-8-11-6-4-5-7-13(11)18-12/h4-7,12H,3,8-10H2,1-2H3. The quantitative estimate of drug-likeness (QED) is 0.763. The van der Waals surface area contributed by atoms with Crippen LogP contribution in [0.5, 0.6) is 0 Å². The molecule has 0 saturated heterocycles. The summed E-state index contributed by atoms with van der Waals surface area (Å²) < 4.78 is 4.95. The highest BCUT2D eigenvalue weighted by Crippen LogP contribution is 2.36. The van der Waals surface area contributed by atoms with Gasteiger partial charge in [0.15, 0.2) is 0 Å². The fourth-order valence-electron chi connectivity index (χ4n) is 2.19. The van der Waals surface area contributed by atoms with Crippen molar-refractivity contribution in [2.24, 2.45) is 0 Å². The van der Waals surface area contributed by atoms with Crippen LogP contribution in [-0.4, -0.2) is 42.9 Å². The van der Waals surface area contributed by atoms with E-state index in [2.05, 4.69) is 24.3 Å². The van der Waals surface area contributed by atoms with E-state index in [-0.39, 0.29) is 5.97 Å². The molecule has 4 heteroatoms.